The van der Waals surface area contributed by atoms with E-state index >= 15 is 0 Å². The second-order valence-electron chi connectivity index (χ2n) is 6.37. The van der Waals surface area contributed by atoms with Crippen LogP contribution in [0.5, 0.6) is 0 Å². The summed E-state index contributed by atoms with van der Waals surface area (Å²) in [6.07, 6.45) is 9.42. The Morgan fingerprint density at radius 3 is 2.50 bits per heavy atom. The maximum Gasteiger partial charge on any atom is 0.123 e. The van der Waals surface area contributed by atoms with Crippen molar-refractivity contribution >= 4 is 0 Å². The summed E-state index contributed by atoms with van der Waals surface area (Å²) in [4.78, 5) is 0. The number of hydrogen-bond donors (Lipinski definition) is 1. The molecule has 90 valence electrons. The number of rotatable bonds is 2. The van der Waals surface area contributed by atoms with Crippen LogP contribution in [0.25, 0.3) is 0 Å². The molecule has 2 atom stereocenters. The van der Waals surface area contributed by atoms with Crippen molar-refractivity contribution in [3.8, 4) is 12.3 Å². The summed E-state index contributed by atoms with van der Waals surface area (Å²) in [5.74, 6) is 2.48. The molecule has 0 aromatic rings. The molecule has 0 unspecified atom stereocenters. The summed E-state index contributed by atoms with van der Waals surface area (Å²) in [5.41, 5.74) is 0.349. The van der Waals surface area contributed by atoms with Crippen molar-refractivity contribution in [1.82, 2.24) is 0 Å². The lowest BCUT2D eigenvalue weighted by Crippen LogP contribution is -2.39. The largest absolute Gasteiger partial charge is 0.378 e. The van der Waals surface area contributed by atoms with E-state index < -0.39 is 5.60 Å². The van der Waals surface area contributed by atoms with Crippen LogP contribution in [0.1, 0.15) is 53.4 Å². The summed E-state index contributed by atoms with van der Waals surface area (Å²) in [7, 11) is 0. The molecule has 0 bridgehead atoms. The van der Waals surface area contributed by atoms with Crippen molar-refractivity contribution in [3.05, 3.63) is 12.2 Å². The van der Waals surface area contributed by atoms with E-state index in [9.17, 15) is 5.11 Å². The van der Waals surface area contributed by atoms with Crippen molar-refractivity contribution in [2.45, 2.75) is 59.0 Å². The summed E-state index contributed by atoms with van der Waals surface area (Å²) in [5, 5.41) is 10.1. The van der Waals surface area contributed by atoms with Gasteiger partial charge in [-0.25, -0.2) is 0 Å². The molecule has 0 heterocycles. The van der Waals surface area contributed by atoms with Gasteiger partial charge in [0, 0.05) is 0 Å². The Kier molecular flexibility index (Phi) is 3.27. The Hall–Kier alpha value is -0.740. The van der Waals surface area contributed by atoms with Crippen LogP contribution < -0.4 is 0 Å². The standard InChI is InChI=1S/C15H24O/c1-7-15(6,16)11-14(5)10-8-9-13(3,4)12(14)2/h1,16H,2,8-11H2,3-6H3/t14-,15+/m0/s1. The lowest BCUT2D eigenvalue weighted by molar-refractivity contribution is 0.0518. The van der Waals surface area contributed by atoms with E-state index in [1.165, 1.54) is 18.4 Å². The zero-order chi connectivity index (χ0) is 12.6. The fourth-order valence-corrected chi connectivity index (χ4v) is 3.05. The molecule has 1 nitrogen and oxygen atoms in total. The van der Waals surface area contributed by atoms with E-state index in [1.807, 2.05) is 0 Å². The predicted octanol–water partition coefficient (Wildman–Crippen LogP) is 3.53. The third kappa shape index (κ3) is 2.50. The smallest absolute Gasteiger partial charge is 0.123 e. The molecule has 1 fully saturated rings. The van der Waals surface area contributed by atoms with Crippen LogP contribution in [0, 0.1) is 23.2 Å². The summed E-state index contributed by atoms with van der Waals surface area (Å²) in [6, 6.07) is 0. The second-order valence-corrected chi connectivity index (χ2v) is 6.37. The molecule has 0 aromatic heterocycles. The SMILES string of the molecule is C#C[C@@](C)(O)C[C@]1(C)CCCC(C)(C)C1=C. The second kappa shape index (κ2) is 3.93. The van der Waals surface area contributed by atoms with Gasteiger partial charge in [0.2, 0.25) is 0 Å². The quantitative estimate of drug-likeness (QED) is 0.557. The molecular formula is C15H24O. The van der Waals surface area contributed by atoms with Gasteiger partial charge in [-0.1, -0.05) is 45.3 Å². The van der Waals surface area contributed by atoms with E-state index in [0.29, 0.717) is 6.42 Å². The fourth-order valence-electron chi connectivity index (χ4n) is 3.05. The molecule has 1 saturated carbocycles. The monoisotopic (exact) mass is 220 g/mol. The highest BCUT2D eigenvalue weighted by Crippen LogP contribution is 2.52. The molecular weight excluding hydrogens is 196 g/mol. The van der Waals surface area contributed by atoms with Crippen molar-refractivity contribution in [2.24, 2.45) is 10.8 Å². The lowest BCUT2D eigenvalue weighted by atomic mass is 9.58. The molecule has 0 aliphatic heterocycles. The third-order valence-corrected chi connectivity index (χ3v) is 4.12. The van der Waals surface area contributed by atoms with Gasteiger partial charge in [0.1, 0.15) is 5.60 Å². The van der Waals surface area contributed by atoms with E-state index in [4.69, 9.17) is 6.42 Å². The van der Waals surface area contributed by atoms with Crippen LogP contribution in [-0.2, 0) is 0 Å². The molecule has 1 heteroatoms. The number of terminal acetylenes is 1. The molecule has 0 spiro atoms. The molecule has 0 aromatic carbocycles. The van der Waals surface area contributed by atoms with Crippen molar-refractivity contribution in [3.63, 3.8) is 0 Å². The topological polar surface area (TPSA) is 20.2 Å². The fraction of sp³-hybridized carbons (Fsp3) is 0.733. The van der Waals surface area contributed by atoms with E-state index in [2.05, 4.69) is 33.3 Å². The van der Waals surface area contributed by atoms with Crippen molar-refractivity contribution in [2.75, 3.05) is 0 Å². The maximum absolute atomic E-state index is 10.1. The van der Waals surface area contributed by atoms with Crippen LogP contribution in [-0.4, -0.2) is 10.7 Å². The lowest BCUT2D eigenvalue weighted by Gasteiger charge is -2.47. The number of hydrogen-bond acceptors (Lipinski definition) is 1. The zero-order valence-electron chi connectivity index (χ0n) is 11.1. The van der Waals surface area contributed by atoms with Gasteiger partial charge in [-0.15, -0.1) is 6.42 Å². The van der Waals surface area contributed by atoms with Crippen LogP contribution in [0.15, 0.2) is 12.2 Å². The first-order valence-corrected chi connectivity index (χ1v) is 6.03. The molecule has 0 saturated heterocycles. The summed E-state index contributed by atoms with van der Waals surface area (Å²) >= 11 is 0. The Bertz CT molecular complexity index is 330. The number of allylic oxidation sites excluding steroid dienone is 1. The van der Waals surface area contributed by atoms with Crippen molar-refractivity contribution < 1.29 is 5.11 Å². The van der Waals surface area contributed by atoms with Gasteiger partial charge < -0.3 is 5.11 Å². The average Bonchev–Trinajstić information content (AvgIpc) is 2.13. The van der Waals surface area contributed by atoms with E-state index in [0.717, 1.165) is 6.42 Å². The summed E-state index contributed by atoms with van der Waals surface area (Å²) in [6.45, 7) is 12.6. The Morgan fingerprint density at radius 2 is 2.00 bits per heavy atom. The molecule has 1 aliphatic rings. The molecule has 16 heavy (non-hydrogen) atoms. The average molecular weight is 220 g/mol. The van der Waals surface area contributed by atoms with Crippen LogP contribution in [0.3, 0.4) is 0 Å². The number of aliphatic hydroxyl groups is 1. The predicted molar refractivity (Wildman–Crippen MR) is 69.0 cm³/mol. The van der Waals surface area contributed by atoms with Crippen LogP contribution in [0.2, 0.25) is 0 Å². The van der Waals surface area contributed by atoms with Gasteiger partial charge in [-0.05, 0) is 37.0 Å². The molecule has 1 aliphatic carbocycles. The highest BCUT2D eigenvalue weighted by Gasteiger charge is 2.43. The van der Waals surface area contributed by atoms with Gasteiger partial charge >= 0.3 is 0 Å². The van der Waals surface area contributed by atoms with Gasteiger partial charge in [-0.3, -0.25) is 0 Å². The van der Waals surface area contributed by atoms with Gasteiger partial charge in [0.25, 0.3) is 0 Å². The van der Waals surface area contributed by atoms with Crippen molar-refractivity contribution in [1.29, 1.82) is 0 Å². The Labute approximate surface area is 99.9 Å². The summed E-state index contributed by atoms with van der Waals surface area (Å²) < 4.78 is 0. The maximum atomic E-state index is 10.1. The first-order valence-electron chi connectivity index (χ1n) is 6.03. The van der Waals surface area contributed by atoms with Gasteiger partial charge in [0.15, 0.2) is 0 Å². The minimum absolute atomic E-state index is 0.0301. The highest BCUT2D eigenvalue weighted by atomic mass is 16.3. The Balaban J connectivity index is 2.93. The van der Waals surface area contributed by atoms with E-state index in [-0.39, 0.29) is 10.8 Å². The first-order chi connectivity index (χ1) is 7.13. The van der Waals surface area contributed by atoms with Gasteiger partial charge in [0.05, 0.1) is 0 Å². The third-order valence-electron chi connectivity index (χ3n) is 4.12. The minimum Gasteiger partial charge on any atom is -0.378 e. The molecule has 0 amide bonds. The Morgan fingerprint density at radius 1 is 1.44 bits per heavy atom. The first kappa shape index (κ1) is 13.3. The normalized spacial score (nSPS) is 32.9. The van der Waals surface area contributed by atoms with Crippen LogP contribution in [0.4, 0.5) is 0 Å². The van der Waals surface area contributed by atoms with E-state index in [1.54, 1.807) is 6.92 Å². The highest BCUT2D eigenvalue weighted by molar-refractivity contribution is 5.23. The minimum atomic E-state index is -1.02. The molecule has 1 rings (SSSR count). The van der Waals surface area contributed by atoms with Crippen LogP contribution >= 0.6 is 0 Å². The molecule has 1 N–H and O–H groups in total. The molecule has 0 radical (unpaired) electrons. The zero-order valence-corrected chi connectivity index (χ0v) is 11.1. The van der Waals surface area contributed by atoms with Gasteiger partial charge in [-0.2, -0.15) is 0 Å².